The maximum Gasteiger partial charge on any atom is 0.119 e. The van der Waals surface area contributed by atoms with Gasteiger partial charge in [0.1, 0.15) is 12.4 Å². The maximum absolute atomic E-state index is 5.90. The summed E-state index contributed by atoms with van der Waals surface area (Å²) in [6.45, 7) is 6.59. The van der Waals surface area contributed by atoms with Crippen LogP contribution in [0, 0.1) is 6.92 Å². The summed E-state index contributed by atoms with van der Waals surface area (Å²) < 4.78 is 5.52. The molecule has 3 heteroatoms. The highest BCUT2D eigenvalue weighted by atomic mass is 35.5. The number of rotatable bonds is 5. The van der Waals surface area contributed by atoms with Gasteiger partial charge in [-0.1, -0.05) is 18.5 Å². The average Bonchev–Trinajstić information content (AvgIpc) is 2.18. The minimum atomic E-state index is 0.689. The van der Waals surface area contributed by atoms with Crippen LogP contribution in [0.1, 0.15) is 12.5 Å². The Kier molecular flexibility index (Phi) is 4.77. The van der Waals surface area contributed by atoms with Crippen LogP contribution in [0.15, 0.2) is 18.2 Å². The van der Waals surface area contributed by atoms with Crippen LogP contribution in [0.2, 0.25) is 5.02 Å². The zero-order chi connectivity index (χ0) is 10.4. The van der Waals surface area contributed by atoms with Gasteiger partial charge in [0.2, 0.25) is 0 Å². The second-order valence-corrected chi connectivity index (χ2v) is 3.52. The molecule has 1 aromatic rings. The molecule has 78 valence electrons. The standard InChI is InChI=1S/C11H16ClNO/c1-3-13-6-7-14-10-4-5-11(12)9(2)8-10/h4-5,8,13H,3,6-7H2,1-2H3. The van der Waals surface area contributed by atoms with Crippen molar-refractivity contribution in [3.8, 4) is 5.75 Å². The molecule has 2 nitrogen and oxygen atoms in total. The zero-order valence-electron chi connectivity index (χ0n) is 8.64. The first-order valence-electron chi connectivity index (χ1n) is 4.83. The number of halogens is 1. The third-order valence-electron chi connectivity index (χ3n) is 1.93. The molecular weight excluding hydrogens is 198 g/mol. The maximum atomic E-state index is 5.90. The summed E-state index contributed by atoms with van der Waals surface area (Å²) in [5.74, 6) is 0.879. The molecule has 1 rings (SSSR count). The van der Waals surface area contributed by atoms with E-state index in [4.69, 9.17) is 16.3 Å². The molecule has 0 unspecified atom stereocenters. The summed E-state index contributed by atoms with van der Waals surface area (Å²) in [5.41, 5.74) is 1.05. The highest BCUT2D eigenvalue weighted by Crippen LogP contribution is 2.20. The van der Waals surface area contributed by atoms with Crippen LogP contribution in [-0.2, 0) is 0 Å². The van der Waals surface area contributed by atoms with Crippen molar-refractivity contribution in [3.05, 3.63) is 28.8 Å². The van der Waals surface area contributed by atoms with E-state index in [0.29, 0.717) is 6.61 Å². The number of benzene rings is 1. The number of ether oxygens (including phenoxy) is 1. The second-order valence-electron chi connectivity index (χ2n) is 3.11. The Morgan fingerprint density at radius 2 is 2.21 bits per heavy atom. The molecule has 1 N–H and O–H groups in total. The number of hydrogen-bond acceptors (Lipinski definition) is 2. The first-order valence-corrected chi connectivity index (χ1v) is 5.21. The van der Waals surface area contributed by atoms with E-state index in [-0.39, 0.29) is 0 Å². The van der Waals surface area contributed by atoms with E-state index in [0.717, 1.165) is 29.4 Å². The van der Waals surface area contributed by atoms with Gasteiger partial charge in [0, 0.05) is 11.6 Å². The first kappa shape index (κ1) is 11.3. The minimum Gasteiger partial charge on any atom is -0.492 e. The van der Waals surface area contributed by atoms with Crippen molar-refractivity contribution in [2.24, 2.45) is 0 Å². The van der Waals surface area contributed by atoms with Gasteiger partial charge in [0.15, 0.2) is 0 Å². The van der Waals surface area contributed by atoms with Gasteiger partial charge in [-0.25, -0.2) is 0 Å². The monoisotopic (exact) mass is 213 g/mol. The second kappa shape index (κ2) is 5.89. The summed E-state index contributed by atoms with van der Waals surface area (Å²) in [5, 5.41) is 3.97. The Bertz CT molecular complexity index is 289. The predicted molar refractivity (Wildman–Crippen MR) is 60.2 cm³/mol. The van der Waals surface area contributed by atoms with Crippen molar-refractivity contribution >= 4 is 11.6 Å². The van der Waals surface area contributed by atoms with Crippen LogP contribution in [-0.4, -0.2) is 19.7 Å². The van der Waals surface area contributed by atoms with Crippen molar-refractivity contribution in [3.63, 3.8) is 0 Å². The fourth-order valence-electron chi connectivity index (χ4n) is 1.12. The molecule has 14 heavy (non-hydrogen) atoms. The van der Waals surface area contributed by atoms with Crippen molar-refractivity contribution < 1.29 is 4.74 Å². The number of nitrogens with one attached hydrogen (secondary N) is 1. The molecular formula is C11H16ClNO. The van der Waals surface area contributed by atoms with E-state index in [1.165, 1.54) is 0 Å². The van der Waals surface area contributed by atoms with Gasteiger partial charge in [-0.2, -0.15) is 0 Å². The van der Waals surface area contributed by atoms with Crippen LogP contribution in [0.5, 0.6) is 5.75 Å². The molecule has 0 aliphatic heterocycles. The Balaban J connectivity index is 2.39. The van der Waals surface area contributed by atoms with Gasteiger partial charge in [-0.05, 0) is 37.2 Å². The Morgan fingerprint density at radius 3 is 2.86 bits per heavy atom. The van der Waals surface area contributed by atoms with Crippen molar-refractivity contribution in [1.82, 2.24) is 5.32 Å². The molecule has 0 aliphatic rings. The summed E-state index contributed by atoms with van der Waals surface area (Å²) in [7, 11) is 0. The van der Waals surface area contributed by atoms with Gasteiger partial charge < -0.3 is 10.1 Å². The highest BCUT2D eigenvalue weighted by Gasteiger charge is 1.97. The normalized spacial score (nSPS) is 10.2. The van der Waals surface area contributed by atoms with Crippen molar-refractivity contribution in [2.75, 3.05) is 19.7 Å². The lowest BCUT2D eigenvalue weighted by Gasteiger charge is -2.07. The fourth-order valence-corrected chi connectivity index (χ4v) is 1.24. The topological polar surface area (TPSA) is 21.3 Å². The van der Waals surface area contributed by atoms with E-state index in [1.807, 2.05) is 25.1 Å². The predicted octanol–water partition coefficient (Wildman–Crippen LogP) is 2.64. The van der Waals surface area contributed by atoms with E-state index in [2.05, 4.69) is 12.2 Å². The molecule has 0 saturated heterocycles. The zero-order valence-corrected chi connectivity index (χ0v) is 9.40. The van der Waals surface area contributed by atoms with Crippen LogP contribution >= 0.6 is 11.6 Å². The Morgan fingerprint density at radius 1 is 1.43 bits per heavy atom. The van der Waals surface area contributed by atoms with Gasteiger partial charge in [0.25, 0.3) is 0 Å². The molecule has 0 atom stereocenters. The number of likely N-dealkylation sites (N-methyl/N-ethyl adjacent to an activating group) is 1. The third kappa shape index (κ3) is 3.56. The van der Waals surface area contributed by atoms with Crippen LogP contribution in [0.3, 0.4) is 0 Å². The summed E-state index contributed by atoms with van der Waals surface area (Å²) in [4.78, 5) is 0. The molecule has 1 aromatic carbocycles. The Labute approximate surface area is 90.2 Å². The molecule has 0 radical (unpaired) electrons. The van der Waals surface area contributed by atoms with E-state index in [9.17, 15) is 0 Å². The first-order chi connectivity index (χ1) is 6.74. The molecule has 0 aliphatic carbocycles. The number of hydrogen-bond donors (Lipinski definition) is 1. The quantitative estimate of drug-likeness (QED) is 0.760. The summed E-state index contributed by atoms with van der Waals surface area (Å²) in [6, 6.07) is 5.70. The lowest BCUT2D eigenvalue weighted by atomic mass is 10.2. The van der Waals surface area contributed by atoms with E-state index < -0.39 is 0 Å². The smallest absolute Gasteiger partial charge is 0.119 e. The van der Waals surface area contributed by atoms with Gasteiger partial charge >= 0.3 is 0 Å². The largest absolute Gasteiger partial charge is 0.492 e. The summed E-state index contributed by atoms with van der Waals surface area (Å²) >= 11 is 5.90. The van der Waals surface area contributed by atoms with Crippen molar-refractivity contribution in [1.29, 1.82) is 0 Å². The minimum absolute atomic E-state index is 0.689. The van der Waals surface area contributed by atoms with Crippen LogP contribution in [0.4, 0.5) is 0 Å². The van der Waals surface area contributed by atoms with Gasteiger partial charge in [-0.15, -0.1) is 0 Å². The summed E-state index contributed by atoms with van der Waals surface area (Å²) in [6.07, 6.45) is 0. The molecule has 0 spiro atoms. The molecule has 0 bridgehead atoms. The third-order valence-corrected chi connectivity index (χ3v) is 2.35. The van der Waals surface area contributed by atoms with Gasteiger partial charge in [0.05, 0.1) is 0 Å². The molecule has 0 amide bonds. The molecule has 0 saturated carbocycles. The average molecular weight is 214 g/mol. The van der Waals surface area contributed by atoms with Gasteiger partial charge in [-0.3, -0.25) is 0 Å². The molecule has 0 fully saturated rings. The van der Waals surface area contributed by atoms with Crippen LogP contribution in [0.25, 0.3) is 0 Å². The lowest BCUT2D eigenvalue weighted by Crippen LogP contribution is -2.20. The Hall–Kier alpha value is -0.730. The molecule has 0 aromatic heterocycles. The lowest BCUT2D eigenvalue weighted by molar-refractivity contribution is 0.315. The molecule has 0 heterocycles. The van der Waals surface area contributed by atoms with Crippen molar-refractivity contribution in [2.45, 2.75) is 13.8 Å². The van der Waals surface area contributed by atoms with E-state index >= 15 is 0 Å². The SMILES string of the molecule is CCNCCOc1ccc(Cl)c(C)c1. The highest BCUT2D eigenvalue weighted by molar-refractivity contribution is 6.31. The van der Waals surface area contributed by atoms with E-state index in [1.54, 1.807) is 0 Å². The fraction of sp³-hybridized carbons (Fsp3) is 0.455. The van der Waals surface area contributed by atoms with Crippen LogP contribution < -0.4 is 10.1 Å². The number of aryl methyl sites for hydroxylation is 1.